The molecule has 0 aromatic heterocycles. The van der Waals surface area contributed by atoms with Crippen molar-refractivity contribution in [3.63, 3.8) is 0 Å². The van der Waals surface area contributed by atoms with Crippen LogP contribution in [0.25, 0.3) is 0 Å². The summed E-state index contributed by atoms with van der Waals surface area (Å²) in [6, 6.07) is 0.356. The van der Waals surface area contributed by atoms with E-state index in [1.54, 1.807) is 6.08 Å². The maximum Gasteiger partial charge on any atom is 0.157 e. The fourth-order valence-electron chi connectivity index (χ4n) is 1.66. The van der Waals surface area contributed by atoms with Gasteiger partial charge in [0.1, 0.15) is 19.3 Å². The largest absolute Gasteiger partial charge is 0.487 e. The van der Waals surface area contributed by atoms with Crippen LogP contribution >= 0.6 is 0 Å². The van der Waals surface area contributed by atoms with Crippen LogP contribution in [-0.4, -0.2) is 37.0 Å². The first-order valence-corrected chi connectivity index (χ1v) is 6.82. The van der Waals surface area contributed by atoms with E-state index >= 15 is 0 Å². The van der Waals surface area contributed by atoms with E-state index in [4.69, 9.17) is 9.47 Å². The minimum atomic E-state index is -0.522. The molecule has 0 bridgehead atoms. The molecule has 0 aromatic rings. The summed E-state index contributed by atoms with van der Waals surface area (Å²) < 4.78 is 11.2. The molecule has 0 fully saturated rings. The molecular weight excluding hydrogens is 242 g/mol. The number of allylic oxidation sites excluding steroid dienone is 2. The first-order valence-electron chi connectivity index (χ1n) is 6.82. The third kappa shape index (κ3) is 6.45. The summed E-state index contributed by atoms with van der Waals surface area (Å²) in [5.74, 6) is 1.46. The third-order valence-electron chi connectivity index (χ3n) is 2.62. The minimum absolute atomic E-state index is 0.264. The molecule has 0 saturated carbocycles. The molecule has 0 aliphatic heterocycles. The second kappa shape index (κ2) is 8.77. The molecule has 0 heterocycles. The van der Waals surface area contributed by atoms with E-state index in [1.165, 1.54) is 0 Å². The zero-order valence-electron chi connectivity index (χ0n) is 11.9. The number of hydrogen-bond acceptors (Lipinski definition) is 4. The highest BCUT2D eigenvalue weighted by molar-refractivity contribution is 5.24. The van der Waals surface area contributed by atoms with Gasteiger partial charge in [-0.15, -0.1) is 0 Å². The van der Waals surface area contributed by atoms with Crippen molar-refractivity contribution in [1.29, 1.82) is 0 Å². The van der Waals surface area contributed by atoms with Gasteiger partial charge >= 0.3 is 0 Å². The van der Waals surface area contributed by atoms with E-state index in [9.17, 15) is 5.11 Å². The van der Waals surface area contributed by atoms with E-state index in [0.717, 1.165) is 24.4 Å². The monoisotopic (exact) mass is 267 g/mol. The first kappa shape index (κ1) is 15.8. The van der Waals surface area contributed by atoms with Gasteiger partial charge in [-0.1, -0.05) is 26.5 Å². The fourth-order valence-corrected chi connectivity index (χ4v) is 1.66. The predicted molar refractivity (Wildman–Crippen MR) is 76.6 cm³/mol. The third-order valence-corrected chi connectivity index (χ3v) is 2.62. The van der Waals surface area contributed by atoms with Gasteiger partial charge in [-0.25, -0.2) is 0 Å². The maximum absolute atomic E-state index is 9.80. The summed E-state index contributed by atoms with van der Waals surface area (Å²) in [6.07, 6.45) is 7.09. The van der Waals surface area contributed by atoms with Gasteiger partial charge < -0.3 is 19.9 Å². The molecule has 1 unspecified atom stereocenters. The standard InChI is InChI=1S/C15H25NO3/c1-4-9-18-14-7-5-6-8-15(14)19-11-13(17)10-16-12(2)3/h4,7-8,12-13,16-17H,1,5-6,9-11H2,2-3H3. The zero-order valence-corrected chi connectivity index (χ0v) is 11.9. The highest BCUT2D eigenvalue weighted by Crippen LogP contribution is 2.21. The lowest BCUT2D eigenvalue weighted by atomic mass is 10.1. The lowest BCUT2D eigenvalue weighted by Gasteiger charge is -2.20. The minimum Gasteiger partial charge on any atom is -0.487 e. The van der Waals surface area contributed by atoms with Crippen molar-refractivity contribution in [2.75, 3.05) is 19.8 Å². The van der Waals surface area contributed by atoms with Crippen LogP contribution in [0.3, 0.4) is 0 Å². The molecule has 1 aliphatic rings. The highest BCUT2D eigenvalue weighted by atomic mass is 16.5. The Morgan fingerprint density at radius 2 is 1.95 bits per heavy atom. The van der Waals surface area contributed by atoms with Gasteiger partial charge in [0.05, 0.1) is 0 Å². The molecular formula is C15H25NO3. The summed E-state index contributed by atoms with van der Waals surface area (Å²) in [7, 11) is 0. The Hall–Kier alpha value is -1.26. The van der Waals surface area contributed by atoms with Crippen molar-refractivity contribution in [3.05, 3.63) is 36.3 Å². The molecule has 1 aliphatic carbocycles. The molecule has 19 heavy (non-hydrogen) atoms. The zero-order chi connectivity index (χ0) is 14.1. The lowest BCUT2D eigenvalue weighted by molar-refractivity contribution is 0.0619. The number of ether oxygens (including phenoxy) is 2. The summed E-state index contributed by atoms with van der Waals surface area (Å²) >= 11 is 0. The van der Waals surface area contributed by atoms with Crippen LogP contribution in [-0.2, 0) is 9.47 Å². The molecule has 1 atom stereocenters. The molecule has 1 rings (SSSR count). The van der Waals surface area contributed by atoms with Crippen molar-refractivity contribution in [2.45, 2.75) is 38.8 Å². The van der Waals surface area contributed by atoms with Crippen molar-refractivity contribution < 1.29 is 14.6 Å². The average Bonchev–Trinajstić information content (AvgIpc) is 2.41. The summed E-state index contributed by atoms with van der Waals surface area (Å²) in [6.45, 7) is 8.96. The molecule has 4 heteroatoms. The fraction of sp³-hybridized carbons (Fsp3) is 0.600. The molecule has 108 valence electrons. The normalized spacial score (nSPS) is 16.6. The molecule has 0 saturated heterocycles. The number of aliphatic hydroxyl groups is 1. The van der Waals surface area contributed by atoms with Crippen LogP contribution in [0.15, 0.2) is 36.3 Å². The summed E-state index contributed by atoms with van der Waals surface area (Å²) in [4.78, 5) is 0. The molecule has 0 spiro atoms. The van der Waals surface area contributed by atoms with Crippen LogP contribution in [0.5, 0.6) is 0 Å². The summed E-state index contributed by atoms with van der Waals surface area (Å²) in [5.41, 5.74) is 0. The van der Waals surface area contributed by atoms with Crippen LogP contribution in [0.1, 0.15) is 26.7 Å². The van der Waals surface area contributed by atoms with Gasteiger partial charge in [-0.05, 0) is 25.0 Å². The second-order valence-electron chi connectivity index (χ2n) is 4.84. The van der Waals surface area contributed by atoms with Gasteiger partial charge in [0.2, 0.25) is 0 Å². The van der Waals surface area contributed by atoms with Gasteiger partial charge in [-0.2, -0.15) is 0 Å². The van der Waals surface area contributed by atoms with E-state index in [1.807, 2.05) is 26.0 Å². The second-order valence-corrected chi connectivity index (χ2v) is 4.84. The maximum atomic E-state index is 9.80. The average molecular weight is 267 g/mol. The van der Waals surface area contributed by atoms with Crippen LogP contribution in [0, 0.1) is 0 Å². The van der Waals surface area contributed by atoms with E-state index in [0.29, 0.717) is 19.2 Å². The van der Waals surface area contributed by atoms with Crippen LogP contribution < -0.4 is 5.32 Å². The Labute approximate surface area is 115 Å². The van der Waals surface area contributed by atoms with E-state index in [2.05, 4.69) is 11.9 Å². The van der Waals surface area contributed by atoms with E-state index in [-0.39, 0.29) is 6.61 Å². The van der Waals surface area contributed by atoms with Gasteiger partial charge in [0.25, 0.3) is 0 Å². The van der Waals surface area contributed by atoms with Crippen molar-refractivity contribution in [2.24, 2.45) is 0 Å². The molecule has 0 amide bonds. The number of aliphatic hydroxyl groups excluding tert-OH is 1. The SMILES string of the molecule is C=CCOC1=CCCC=C1OCC(O)CNC(C)C. The quantitative estimate of drug-likeness (QED) is 0.628. The van der Waals surface area contributed by atoms with Crippen molar-refractivity contribution in [1.82, 2.24) is 5.32 Å². The Kier molecular flexibility index (Phi) is 7.30. The van der Waals surface area contributed by atoms with Crippen molar-refractivity contribution in [3.8, 4) is 0 Å². The topological polar surface area (TPSA) is 50.7 Å². The highest BCUT2D eigenvalue weighted by Gasteiger charge is 2.13. The molecule has 0 radical (unpaired) electrons. The number of rotatable bonds is 9. The predicted octanol–water partition coefficient (Wildman–Crippen LogP) is 2.13. The van der Waals surface area contributed by atoms with Crippen LogP contribution in [0.4, 0.5) is 0 Å². The van der Waals surface area contributed by atoms with Gasteiger partial charge in [-0.3, -0.25) is 0 Å². The molecule has 4 nitrogen and oxygen atoms in total. The molecule has 0 aromatic carbocycles. The van der Waals surface area contributed by atoms with Gasteiger partial charge in [0.15, 0.2) is 11.5 Å². The Morgan fingerprint density at radius 1 is 1.32 bits per heavy atom. The van der Waals surface area contributed by atoms with Gasteiger partial charge in [0, 0.05) is 12.6 Å². The Balaban J connectivity index is 2.35. The Morgan fingerprint density at radius 3 is 2.53 bits per heavy atom. The number of nitrogens with one attached hydrogen (secondary N) is 1. The first-order chi connectivity index (χ1) is 9.13. The smallest absolute Gasteiger partial charge is 0.157 e. The number of hydrogen-bond donors (Lipinski definition) is 2. The molecule has 2 N–H and O–H groups in total. The van der Waals surface area contributed by atoms with E-state index < -0.39 is 6.10 Å². The van der Waals surface area contributed by atoms with Crippen molar-refractivity contribution >= 4 is 0 Å². The lowest BCUT2D eigenvalue weighted by Crippen LogP contribution is -2.34. The summed E-state index contributed by atoms with van der Waals surface area (Å²) in [5, 5.41) is 13.0. The van der Waals surface area contributed by atoms with Crippen LogP contribution in [0.2, 0.25) is 0 Å². The Bertz CT molecular complexity index is 334.